The maximum Gasteiger partial charge on any atom is 0.307 e. The summed E-state index contributed by atoms with van der Waals surface area (Å²) in [6.45, 7) is 2.90. The molecule has 0 spiro atoms. The van der Waals surface area contributed by atoms with Crippen LogP contribution in [0.15, 0.2) is 22.1 Å². The monoisotopic (exact) mass is 386 g/mol. The molecule has 4 heterocycles. The van der Waals surface area contributed by atoms with Crippen LogP contribution in [0.3, 0.4) is 0 Å². The summed E-state index contributed by atoms with van der Waals surface area (Å²) in [4.78, 5) is 25.7. The van der Waals surface area contributed by atoms with E-state index in [0.717, 1.165) is 53.8 Å². The molecule has 1 saturated heterocycles. The molecule has 10 heteroatoms. The van der Waals surface area contributed by atoms with Gasteiger partial charge in [-0.25, -0.2) is 4.98 Å². The Morgan fingerprint density at radius 3 is 2.89 bits per heavy atom. The van der Waals surface area contributed by atoms with Gasteiger partial charge in [-0.15, -0.1) is 0 Å². The Kier molecular flexibility index (Phi) is 3.94. The van der Waals surface area contributed by atoms with E-state index >= 15 is 0 Å². The number of hydrogen-bond acceptors (Lipinski definition) is 8. The van der Waals surface area contributed by atoms with Crippen molar-refractivity contribution in [2.45, 2.75) is 18.9 Å². The second-order valence-corrected chi connectivity index (χ2v) is 7.65. The van der Waals surface area contributed by atoms with Gasteiger partial charge in [0.05, 0.1) is 30.3 Å². The zero-order valence-electron chi connectivity index (χ0n) is 14.5. The second-order valence-electron chi connectivity index (χ2n) is 6.64. The Morgan fingerprint density at radius 1 is 1.37 bits per heavy atom. The number of aromatic nitrogens is 4. The van der Waals surface area contributed by atoms with Crippen molar-refractivity contribution in [3.63, 3.8) is 0 Å². The lowest BCUT2D eigenvalue weighted by atomic mass is 10.3. The highest BCUT2D eigenvalue weighted by molar-refractivity contribution is 7.10. The van der Waals surface area contributed by atoms with E-state index < -0.39 is 0 Å². The SMILES string of the molecule is O=c1[nH]c(O)c(/C=c2\cnn3c(=NC4CC4)cc(N4CCOCC4)nc23)s1. The highest BCUT2D eigenvalue weighted by Gasteiger charge is 2.21. The first-order valence-corrected chi connectivity index (χ1v) is 9.68. The Bertz CT molecular complexity index is 1170. The molecule has 3 aromatic rings. The smallest absolute Gasteiger partial charge is 0.307 e. The van der Waals surface area contributed by atoms with Gasteiger partial charge in [-0.1, -0.05) is 11.3 Å². The van der Waals surface area contributed by atoms with Crippen LogP contribution in [0.25, 0.3) is 11.7 Å². The largest absolute Gasteiger partial charge is 0.493 e. The number of nitrogens with one attached hydrogen (secondary N) is 1. The first-order valence-electron chi connectivity index (χ1n) is 8.86. The summed E-state index contributed by atoms with van der Waals surface area (Å²) in [5, 5.41) is 15.0. The van der Waals surface area contributed by atoms with Gasteiger partial charge in [0.25, 0.3) is 0 Å². The Hall–Kier alpha value is -2.72. The minimum atomic E-state index is -0.304. The molecule has 2 N–H and O–H groups in total. The van der Waals surface area contributed by atoms with Crippen LogP contribution in [-0.4, -0.2) is 57.0 Å². The lowest BCUT2D eigenvalue weighted by Crippen LogP contribution is -2.38. The van der Waals surface area contributed by atoms with E-state index in [4.69, 9.17) is 14.7 Å². The Labute approximate surface area is 157 Å². The number of rotatable bonds is 3. The van der Waals surface area contributed by atoms with Gasteiger partial charge in [-0.2, -0.15) is 9.61 Å². The standard InChI is InChI=1S/C17H18N6O3S/c24-16-12(27-17(25)21-16)7-10-9-18-23-14(19-11-1-2-11)8-13(20-15(10)23)22-3-5-26-6-4-22/h7-9,11,24H,1-6H2,(H,21,25)/b10-7+,19-14?. The van der Waals surface area contributed by atoms with Gasteiger partial charge >= 0.3 is 4.87 Å². The molecule has 27 heavy (non-hydrogen) atoms. The van der Waals surface area contributed by atoms with Gasteiger partial charge in [0.2, 0.25) is 5.88 Å². The molecule has 1 aliphatic carbocycles. The number of aromatic amines is 1. The fraction of sp³-hybridized carbons (Fsp3) is 0.412. The minimum Gasteiger partial charge on any atom is -0.493 e. The summed E-state index contributed by atoms with van der Waals surface area (Å²) in [6, 6.07) is 2.32. The van der Waals surface area contributed by atoms with Crippen molar-refractivity contribution in [3.05, 3.63) is 37.5 Å². The van der Waals surface area contributed by atoms with E-state index in [9.17, 15) is 9.90 Å². The Balaban J connectivity index is 1.71. The van der Waals surface area contributed by atoms with E-state index in [1.54, 1.807) is 16.8 Å². The van der Waals surface area contributed by atoms with Gasteiger partial charge < -0.3 is 14.7 Å². The third-order valence-corrected chi connectivity index (χ3v) is 5.43. The maximum absolute atomic E-state index is 11.5. The van der Waals surface area contributed by atoms with Gasteiger partial charge in [0, 0.05) is 24.4 Å². The normalized spacial score (nSPS) is 19.3. The quantitative estimate of drug-likeness (QED) is 0.636. The van der Waals surface area contributed by atoms with Crippen LogP contribution in [0.2, 0.25) is 0 Å². The number of morpholine rings is 1. The van der Waals surface area contributed by atoms with E-state index in [2.05, 4.69) is 15.0 Å². The highest BCUT2D eigenvalue weighted by Crippen LogP contribution is 2.23. The molecule has 0 atom stereocenters. The molecule has 9 nitrogen and oxygen atoms in total. The van der Waals surface area contributed by atoms with Crippen molar-refractivity contribution in [2.24, 2.45) is 4.99 Å². The van der Waals surface area contributed by atoms with Crippen LogP contribution >= 0.6 is 11.3 Å². The molecular weight excluding hydrogens is 368 g/mol. The second kappa shape index (κ2) is 6.46. The summed E-state index contributed by atoms with van der Waals surface area (Å²) in [5.74, 6) is 0.698. The molecule has 5 rings (SSSR count). The molecule has 2 fully saturated rings. The van der Waals surface area contributed by atoms with E-state index in [1.807, 2.05) is 6.07 Å². The molecule has 0 aromatic carbocycles. The first-order chi connectivity index (χ1) is 13.2. The van der Waals surface area contributed by atoms with Crippen molar-refractivity contribution >= 4 is 28.9 Å². The molecule has 1 aliphatic heterocycles. The first kappa shape index (κ1) is 16.5. The number of fused-ring (bicyclic) bond motifs is 1. The fourth-order valence-corrected chi connectivity index (χ4v) is 3.74. The van der Waals surface area contributed by atoms with Gasteiger partial charge in [0.1, 0.15) is 5.82 Å². The molecule has 0 bridgehead atoms. The molecule has 0 radical (unpaired) electrons. The number of H-pyrrole nitrogens is 1. The van der Waals surface area contributed by atoms with Crippen molar-refractivity contribution in [3.8, 4) is 5.88 Å². The molecule has 0 amide bonds. The highest BCUT2D eigenvalue weighted by atomic mass is 32.1. The summed E-state index contributed by atoms with van der Waals surface area (Å²) in [7, 11) is 0. The summed E-state index contributed by atoms with van der Waals surface area (Å²) in [5.41, 5.74) is 1.42. The van der Waals surface area contributed by atoms with Crippen LogP contribution in [0.1, 0.15) is 17.7 Å². The van der Waals surface area contributed by atoms with E-state index in [1.165, 1.54) is 0 Å². The average Bonchev–Trinajstić information content (AvgIpc) is 3.31. The van der Waals surface area contributed by atoms with Crippen LogP contribution in [0, 0.1) is 0 Å². The molecule has 2 aliphatic rings. The average molecular weight is 386 g/mol. The summed E-state index contributed by atoms with van der Waals surface area (Å²) < 4.78 is 7.16. The lowest BCUT2D eigenvalue weighted by Gasteiger charge is -2.27. The van der Waals surface area contributed by atoms with Gasteiger partial charge in [-0.05, 0) is 18.9 Å². The lowest BCUT2D eigenvalue weighted by molar-refractivity contribution is 0.122. The number of hydrogen-bond donors (Lipinski definition) is 2. The number of ether oxygens (including phenoxy) is 1. The number of nitrogens with zero attached hydrogens (tertiary/aromatic N) is 5. The summed E-state index contributed by atoms with van der Waals surface area (Å²) in [6.07, 6.45) is 5.60. The topological polar surface area (TPSA) is 108 Å². The van der Waals surface area contributed by atoms with Crippen LogP contribution in [0.5, 0.6) is 5.88 Å². The molecule has 3 aromatic heterocycles. The number of anilines is 1. The zero-order chi connectivity index (χ0) is 18.4. The number of aromatic hydroxyl groups is 1. The molecular formula is C17H18N6O3S. The predicted octanol–water partition coefficient (Wildman–Crippen LogP) is -0.368. The van der Waals surface area contributed by atoms with Crippen LogP contribution < -0.4 is 20.5 Å². The van der Waals surface area contributed by atoms with Gasteiger partial charge in [0.15, 0.2) is 11.1 Å². The van der Waals surface area contributed by atoms with E-state index in [-0.39, 0.29) is 10.8 Å². The Morgan fingerprint density at radius 2 is 2.19 bits per heavy atom. The minimum absolute atomic E-state index is 0.142. The van der Waals surface area contributed by atoms with Crippen molar-refractivity contribution in [1.29, 1.82) is 0 Å². The fourth-order valence-electron chi connectivity index (χ4n) is 3.06. The molecule has 0 unspecified atom stereocenters. The molecule has 1 saturated carbocycles. The maximum atomic E-state index is 11.5. The van der Waals surface area contributed by atoms with Crippen molar-refractivity contribution < 1.29 is 9.84 Å². The number of thiazole rings is 1. The third kappa shape index (κ3) is 3.21. The summed E-state index contributed by atoms with van der Waals surface area (Å²) >= 11 is 0.946. The van der Waals surface area contributed by atoms with Gasteiger partial charge in [-0.3, -0.25) is 14.8 Å². The van der Waals surface area contributed by atoms with Crippen LogP contribution in [0.4, 0.5) is 5.82 Å². The molecule has 140 valence electrons. The van der Waals surface area contributed by atoms with Crippen molar-refractivity contribution in [1.82, 2.24) is 19.6 Å². The third-order valence-electron chi connectivity index (χ3n) is 4.61. The van der Waals surface area contributed by atoms with Crippen molar-refractivity contribution in [2.75, 3.05) is 31.2 Å². The van der Waals surface area contributed by atoms with Crippen LogP contribution in [-0.2, 0) is 4.74 Å². The predicted molar refractivity (Wildman–Crippen MR) is 100.0 cm³/mol. The van der Waals surface area contributed by atoms with E-state index in [0.29, 0.717) is 29.8 Å². The zero-order valence-corrected chi connectivity index (χ0v) is 15.3.